The van der Waals surface area contributed by atoms with Crippen molar-refractivity contribution in [3.63, 3.8) is 0 Å². The number of hydrogen-bond acceptors (Lipinski definition) is 4. The maximum Gasteiger partial charge on any atom is 0.262 e. The summed E-state index contributed by atoms with van der Waals surface area (Å²) in [7, 11) is 0. The lowest BCUT2D eigenvalue weighted by molar-refractivity contribution is -0.137. The predicted molar refractivity (Wildman–Crippen MR) is 94.7 cm³/mol. The van der Waals surface area contributed by atoms with Crippen LogP contribution in [0.15, 0.2) is 36.4 Å². The number of nitriles is 1. The van der Waals surface area contributed by atoms with Crippen LogP contribution in [0.3, 0.4) is 0 Å². The van der Waals surface area contributed by atoms with Crippen LogP contribution >= 0.6 is 11.6 Å². The van der Waals surface area contributed by atoms with Gasteiger partial charge in [0.05, 0.1) is 11.6 Å². The molecule has 2 aromatic rings. The molecule has 1 aliphatic rings. The summed E-state index contributed by atoms with van der Waals surface area (Å²) in [5.74, 6) is -1.34. The van der Waals surface area contributed by atoms with Crippen LogP contribution in [0.5, 0.6) is 5.75 Å². The molecule has 1 aliphatic heterocycles. The molecule has 1 heterocycles. The summed E-state index contributed by atoms with van der Waals surface area (Å²) in [6.45, 7) is 1.25. The van der Waals surface area contributed by atoms with Crippen molar-refractivity contribution in [1.29, 1.82) is 5.26 Å². The predicted octanol–water partition coefficient (Wildman–Crippen LogP) is 3.07. The van der Waals surface area contributed by atoms with Gasteiger partial charge in [0.15, 0.2) is 17.2 Å². The first kappa shape index (κ1) is 18.2. The molecule has 0 spiro atoms. The molecular formula is C19H16ClFN2O3. The monoisotopic (exact) mass is 374 g/mol. The van der Waals surface area contributed by atoms with E-state index in [9.17, 15) is 19.6 Å². The normalized spacial score (nSPS) is 15.1. The van der Waals surface area contributed by atoms with Gasteiger partial charge in [-0.2, -0.15) is 5.26 Å². The lowest BCUT2D eigenvalue weighted by atomic mass is 10.0. The van der Waals surface area contributed by atoms with Crippen molar-refractivity contribution < 1.29 is 19.0 Å². The number of carbonyl (C=O) groups is 1. The van der Waals surface area contributed by atoms with E-state index in [4.69, 9.17) is 16.3 Å². The Morgan fingerprint density at radius 1 is 1.46 bits per heavy atom. The number of amides is 1. The molecule has 0 aliphatic carbocycles. The van der Waals surface area contributed by atoms with Crippen molar-refractivity contribution in [3.05, 3.63) is 58.4 Å². The van der Waals surface area contributed by atoms with Crippen LogP contribution in [0.2, 0.25) is 5.02 Å². The van der Waals surface area contributed by atoms with Gasteiger partial charge in [0.1, 0.15) is 6.61 Å². The Morgan fingerprint density at radius 2 is 2.23 bits per heavy atom. The van der Waals surface area contributed by atoms with Crippen molar-refractivity contribution in [2.24, 2.45) is 0 Å². The second kappa shape index (κ2) is 6.94. The van der Waals surface area contributed by atoms with Crippen molar-refractivity contribution >= 4 is 23.2 Å². The van der Waals surface area contributed by atoms with Crippen molar-refractivity contribution in [2.45, 2.75) is 18.9 Å². The Labute approximate surface area is 155 Å². The van der Waals surface area contributed by atoms with Crippen molar-refractivity contribution in [3.8, 4) is 11.8 Å². The molecule has 0 radical (unpaired) electrons. The van der Waals surface area contributed by atoms with Crippen LogP contribution in [-0.2, 0) is 11.2 Å². The molecule has 1 N–H and O–H groups in total. The molecule has 26 heavy (non-hydrogen) atoms. The molecule has 1 atom stereocenters. The molecule has 0 unspecified atom stereocenters. The number of halogens is 2. The minimum Gasteiger partial charge on any atom is -0.487 e. The Hall–Kier alpha value is -2.62. The van der Waals surface area contributed by atoms with Crippen LogP contribution in [0.25, 0.3) is 0 Å². The summed E-state index contributed by atoms with van der Waals surface area (Å²) >= 11 is 5.69. The van der Waals surface area contributed by atoms with Gasteiger partial charge < -0.3 is 14.7 Å². The van der Waals surface area contributed by atoms with Crippen LogP contribution in [0, 0.1) is 17.1 Å². The first-order valence-electron chi connectivity index (χ1n) is 7.97. The standard InChI is InChI=1S/C19H16ClFN2O3/c1-19(25,11-26-17-6-5-13(20)9-15(17)21)18(24)23-8-7-14-12(10-22)3-2-4-16(14)23/h2-6,9,25H,7-8,11H2,1H3/t19-/m0/s1. The number of rotatable bonds is 4. The van der Waals surface area contributed by atoms with Crippen LogP contribution in [0.4, 0.5) is 10.1 Å². The maximum absolute atomic E-state index is 13.8. The van der Waals surface area contributed by atoms with Gasteiger partial charge in [0.2, 0.25) is 0 Å². The van der Waals surface area contributed by atoms with Gasteiger partial charge in [-0.05, 0) is 49.2 Å². The highest BCUT2D eigenvalue weighted by Gasteiger charge is 2.39. The highest BCUT2D eigenvalue weighted by atomic mass is 35.5. The van der Waals surface area contributed by atoms with E-state index in [0.29, 0.717) is 24.2 Å². The zero-order chi connectivity index (χ0) is 18.9. The lowest BCUT2D eigenvalue weighted by Gasteiger charge is -2.28. The third-order valence-corrected chi connectivity index (χ3v) is 4.49. The summed E-state index contributed by atoms with van der Waals surface area (Å²) in [5.41, 5.74) is 0.0313. The second-order valence-electron chi connectivity index (χ2n) is 6.26. The van der Waals surface area contributed by atoms with E-state index in [-0.39, 0.29) is 10.8 Å². The largest absolute Gasteiger partial charge is 0.487 e. The molecule has 7 heteroatoms. The van der Waals surface area contributed by atoms with Gasteiger partial charge in [0, 0.05) is 17.3 Å². The summed E-state index contributed by atoms with van der Waals surface area (Å²) in [6, 6.07) is 11.1. The quantitative estimate of drug-likeness (QED) is 0.892. The minimum absolute atomic E-state index is 0.101. The highest BCUT2D eigenvalue weighted by molar-refractivity contribution is 6.30. The zero-order valence-electron chi connectivity index (χ0n) is 14.0. The van der Waals surface area contributed by atoms with Crippen molar-refractivity contribution in [1.82, 2.24) is 0 Å². The first-order chi connectivity index (χ1) is 12.3. The SMILES string of the molecule is C[C@](O)(COc1ccc(Cl)cc1F)C(=O)N1CCc2c(C#N)cccc21. The van der Waals surface area contributed by atoms with E-state index in [1.807, 2.05) is 0 Å². The summed E-state index contributed by atoms with van der Waals surface area (Å²) in [6.07, 6.45) is 0.535. The zero-order valence-corrected chi connectivity index (χ0v) is 14.8. The average molecular weight is 375 g/mol. The molecule has 0 saturated heterocycles. The summed E-state index contributed by atoms with van der Waals surface area (Å²) < 4.78 is 19.1. The van der Waals surface area contributed by atoms with Crippen LogP contribution in [0.1, 0.15) is 18.1 Å². The van der Waals surface area contributed by atoms with Gasteiger partial charge in [-0.15, -0.1) is 0 Å². The molecule has 0 bridgehead atoms. The van der Waals surface area contributed by atoms with E-state index in [0.717, 1.165) is 11.6 Å². The van der Waals surface area contributed by atoms with Crippen molar-refractivity contribution in [2.75, 3.05) is 18.1 Å². The number of nitrogens with zero attached hydrogens (tertiary/aromatic N) is 2. The van der Waals surface area contributed by atoms with E-state index >= 15 is 0 Å². The van der Waals surface area contributed by atoms with Gasteiger partial charge in [-0.1, -0.05) is 17.7 Å². The molecule has 0 saturated carbocycles. The molecule has 0 aromatic heterocycles. The number of ether oxygens (including phenoxy) is 1. The average Bonchev–Trinajstić information content (AvgIpc) is 3.04. The molecule has 2 aromatic carbocycles. The molecule has 1 amide bonds. The summed E-state index contributed by atoms with van der Waals surface area (Å²) in [4.78, 5) is 14.2. The van der Waals surface area contributed by atoms with E-state index < -0.39 is 23.9 Å². The lowest BCUT2D eigenvalue weighted by Crippen LogP contribution is -2.50. The molecule has 3 rings (SSSR count). The van der Waals surface area contributed by atoms with Crippen LogP contribution in [-0.4, -0.2) is 29.8 Å². The summed E-state index contributed by atoms with van der Waals surface area (Å²) in [5, 5.41) is 20.0. The molecular weight excluding hydrogens is 359 g/mol. The third kappa shape index (κ3) is 3.36. The molecule has 134 valence electrons. The first-order valence-corrected chi connectivity index (χ1v) is 8.35. The number of anilines is 1. The van der Waals surface area contributed by atoms with Gasteiger partial charge in [-0.3, -0.25) is 4.79 Å². The third-order valence-electron chi connectivity index (χ3n) is 4.26. The topological polar surface area (TPSA) is 73.6 Å². The number of hydrogen-bond donors (Lipinski definition) is 1. The smallest absolute Gasteiger partial charge is 0.262 e. The van der Waals surface area contributed by atoms with E-state index in [2.05, 4.69) is 6.07 Å². The van der Waals surface area contributed by atoms with Crippen LogP contribution < -0.4 is 9.64 Å². The van der Waals surface area contributed by atoms with E-state index in [1.54, 1.807) is 18.2 Å². The number of aliphatic hydroxyl groups is 1. The van der Waals surface area contributed by atoms with Gasteiger partial charge in [-0.25, -0.2) is 4.39 Å². The Balaban J connectivity index is 1.77. The van der Waals surface area contributed by atoms with E-state index in [1.165, 1.54) is 24.0 Å². The maximum atomic E-state index is 13.8. The molecule has 5 nitrogen and oxygen atoms in total. The molecule has 0 fully saturated rings. The van der Waals surface area contributed by atoms with Gasteiger partial charge in [0.25, 0.3) is 5.91 Å². The van der Waals surface area contributed by atoms with Gasteiger partial charge >= 0.3 is 0 Å². The fourth-order valence-corrected chi connectivity index (χ4v) is 3.07. The number of carbonyl (C=O) groups excluding carboxylic acids is 1. The Morgan fingerprint density at radius 3 is 2.92 bits per heavy atom. The minimum atomic E-state index is -1.86. The number of fused-ring (bicyclic) bond motifs is 1. The fourth-order valence-electron chi connectivity index (χ4n) is 2.91. The Bertz CT molecular complexity index is 908. The Kier molecular flexibility index (Phi) is 4.86. The number of benzene rings is 2. The highest BCUT2D eigenvalue weighted by Crippen LogP contribution is 2.32. The fraction of sp³-hybridized carbons (Fsp3) is 0.263. The second-order valence-corrected chi connectivity index (χ2v) is 6.70.